The standard InChI is InChI=1S/C15H9FN4/c16-14-6-11(8-17)5-12(7-14)13-9-19-20(10-13)15-3-1-2-4-18-15/h1-7,9-10H. The summed E-state index contributed by atoms with van der Waals surface area (Å²) in [5.41, 5.74) is 1.63. The van der Waals surface area contributed by atoms with Crippen LogP contribution in [0.4, 0.5) is 4.39 Å². The number of hydrogen-bond acceptors (Lipinski definition) is 3. The normalized spacial score (nSPS) is 10.2. The molecule has 0 unspecified atom stereocenters. The Labute approximate surface area is 114 Å². The fraction of sp³-hybridized carbons (Fsp3) is 0. The van der Waals surface area contributed by atoms with Crippen molar-refractivity contribution in [2.75, 3.05) is 0 Å². The molecule has 0 bridgehead atoms. The summed E-state index contributed by atoms with van der Waals surface area (Å²) in [4.78, 5) is 4.18. The lowest BCUT2D eigenvalue weighted by atomic mass is 10.1. The molecule has 0 saturated carbocycles. The molecule has 0 fully saturated rings. The van der Waals surface area contributed by atoms with Crippen molar-refractivity contribution < 1.29 is 4.39 Å². The highest BCUT2D eigenvalue weighted by Crippen LogP contribution is 2.22. The van der Waals surface area contributed by atoms with Crippen LogP contribution in [0.25, 0.3) is 16.9 Å². The Bertz CT molecular complexity index is 787. The molecule has 0 radical (unpaired) electrons. The van der Waals surface area contributed by atoms with Crippen LogP contribution in [0.1, 0.15) is 5.56 Å². The van der Waals surface area contributed by atoms with E-state index in [4.69, 9.17) is 5.26 Å². The van der Waals surface area contributed by atoms with Gasteiger partial charge in [-0.1, -0.05) is 6.07 Å². The fourth-order valence-corrected chi connectivity index (χ4v) is 1.91. The van der Waals surface area contributed by atoms with E-state index in [0.29, 0.717) is 11.4 Å². The minimum atomic E-state index is -0.440. The van der Waals surface area contributed by atoms with Gasteiger partial charge in [0.15, 0.2) is 5.82 Å². The number of pyridine rings is 1. The molecule has 0 aliphatic heterocycles. The topological polar surface area (TPSA) is 54.5 Å². The maximum absolute atomic E-state index is 13.4. The Morgan fingerprint density at radius 3 is 2.80 bits per heavy atom. The van der Waals surface area contributed by atoms with Crippen LogP contribution in [0.5, 0.6) is 0 Å². The molecule has 2 heterocycles. The van der Waals surface area contributed by atoms with Gasteiger partial charge < -0.3 is 0 Å². The van der Waals surface area contributed by atoms with E-state index in [0.717, 1.165) is 5.56 Å². The fourth-order valence-electron chi connectivity index (χ4n) is 1.91. The summed E-state index contributed by atoms with van der Waals surface area (Å²) in [6.45, 7) is 0. The summed E-state index contributed by atoms with van der Waals surface area (Å²) in [5.74, 6) is 0.236. The van der Waals surface area contributed by atoms with Gasteiger partial charge in [0.25, 0.3) is 0 Å². The van der Waals surface area contributed by atoms with E-state index < -0.39 is 5.82 Å². The lowest BCUT2D eigenvalue weighted by Gasteiger charge is -2.00. The Morgan fingerprint density at radius 2 is 2.05 bits per heavy atom. The summed E-state index contributed by atoms with van der Waals surface area (Å²) in [6.07, 6.45) is 5.04. The smallest absolute Gasteiger partial charge is 0.153 e. The Kier molecular flexibility index (Phi) is 2.98. The summed E-state index contributed by atoms with van der Waals surface area (Å²) >= 11 is 0. The molecule has 0 amide bonds. The second-order valence-corrected chi connectivity index (χ2v) is 4.20. The van der Waals surface area contributed by atoms with E-state index >= 15 is 0 Å². The van der Waals surface area contributed by atoms with Crippen molar-refractivity contribution in [2.24, 2.45) is 0 Å². The van der Waals surface area contributed by atoms with Crippen molar-refractivity contribution in [2.45, 2.75) is 0 Å². The van der Waals surface area contributed by atoms with E-state index in [9.17, 15) is 4.39 Å². The quantitative estimate of drug-likeness (QED) is 0.715. The van der Waals surface area contributed by atoms with E-state index in [1.54, 1.807) is 29.3 Å². The van der Waals surface area contributed by atoms with Crippen LogP contribution in [0.2, 0.25) is 0 Å². The number of nitriles is 1. The Balaban J connectivity index is 2.03. The summed E-state index contributed by atoms with van der Waals surface area (Å²) < 4.78 is 15.0. The monoisotopic (exact) mass is 264 g/mol. The predicted molar refractivity (Wildman–Crippen MR) is 71.5 cm³/mol. The molecule has 2 aromatic heterocycles. The van der Waals surface area contributed by atoms with Crippen molar-refractivity contribution in [3.8, 4) is 23.0 Å². The van der Waals surface area contributed by atoms with Crippen molar-refractivity contribution in [3.05, 3.63) is 66.4 Å². The van der Waals surface area contributed by atoms with Crippen LogP contribution in [0, 0.1) is 17.1 Å². The number of benzene rings is 1. The second-order valence-electron chi connectivity index (χ2n) is 4.20. The van der Waals surface area contributed by atoms with Gasteiger partial charge in [0.2, 0.25) is 0 Å². The molecule has 0 saturated heterocycles. The lowest BCUT2D eigenvalue weighted by molar-refractivity contribution is 0.628. The third kappa shape index (κ3) is 2.27. The van der Waals surface area contributed by atoms with Gasteiger partial charge in [-0.2, -0.15) is 10.4 Å². The first-order chi connectivity index (χ1) is 9.76. The molecule has 3 rings (SSSR count). The van der Waals surface area contributed by atoms with Gasteiger partial charge in [0.1, 0.15) is 5.82 Å². The molecule has 0 spiro atoms. The van der Waals surface area contributed by atoms with E-state index in [2.05, 4.69) is 10.1 Å². The Hall–Kier alpha value is -3.00. The molecule has 20 heavy (non-hydrogen) atoms. The highest BCUT2D eigenvalue weighted by molar-refractivity contribution is 5.64. The first-order valence-corrected chi connectivity index (χ1v) is 5.93. The van der Waals surface area contributed by atoms with E-state index in [-0.39, 0.29) is 5.56 Å². The van der Waals surface area contributed by atoms with Crippen LogP contribution in [-0.4, -0.2) is 14.8 Å². The molecule has 0 atom stereocenters. The number of hydrogen-bond donors (Lipinski definition) is 0. The lowest BCUT2D eigenvalue weighted by Crippen LogP contribution is -1.95. The Morgan fingerprint density at radius 1 is 1.15 bits per heavy atom. The first kappa shape index (κ1) is 12.1. The van der Waals surface area contributed by atoms with Crippen LogP contribution >= 0.6 is 0 Å². The van der Waals surface area contributed by atoms with Crippen LogP contribution < -0.4 is 0 Å². The molecule has 0 N–H and O–H groups in total. The largest absolute Gasteiger partial charge is 0.237 e. The van der Waals surface area contributed by atoms with Gasteiger partial charge >= 0.3 is 0 Å². The third-order valence-electron chi connectivity index (χ3n) is 2.83. The van der Waals surface area contributed by atoms with Gasteiger partial charge in [-0.3, -0.25) is 0 Å². The van der Waals surface area contributed by atoms with E-state index in [1.165, 1.54) is 12.1 Å². The van der Waals surface area contributed by atoms with Crippen molar-refractivity contribution in [1.82, 2.24) is 14.8 Å². The molecule has 0 aliphatic carbocycles. The minimum Gasteiger partial charge on any atom is -0.237 e. The summed E-state index contributed by atoms with van der Waals surface area (Å²) in [7, 11) is 0. The summed E-state index contributed by atoms with van der Waals surface area (Å²) in [5, 5.41) is 13.1. The van der Waals surface area contributed by atoms with Crippen LogP contribution in [0.3, 0.4) is 0 Å². The molecule has 5 heteroatoms. The molecule has 3 aromatic rings. The van der Waals surface area contributed by atoms with Gasteiger partial charge in [0.05, 0.1) is 17.8 Å². The van der Waals surface area contributed by atoms with Crippen molar-refractivity contribution >= 4 is 0 Å². The van der Waals surface area contributed by atoms with Gasteiger partial charge in [0, 0.05) is 18.0 Å². The zero-order chi connectivity index (χ0) is 13.9. The first-order valence-electron chi connectivity index (χ1n) is 5.93. The molecule has 96 valence electrons. The maximum Gasteiger partial charge on any atom is 0.153 e. The number of halogens is 1. The maximum atomic E-state index is 13.4. The van der Waals surface area contributed by atoms with E-state index in [1.807, 2.05) is 24.3 Å². The zero-order valence-corrected chi connectivity index (χ0v) is 10.4. The highest BCUT2D eigenvalue weighted by atomic mass is 19.1. The average Bonchev–Trinajstić information content (AvgIpc) is 2.97. The van der Waals surface area contributed by atoms with Gasteiger partial charge in [-0.15, -0.1) is 0 Å². The second kappa shape index (κ2) is 4.94. The summed E-state index contributed by atoms with van der Waals surface area (Å²) in [6, 6.07) is 11.6. The average molecular weight is 264 g/mol. The molecular formula is C15H9FN4. The van der Waals surface area contributed by atoms with Gasteiger partial charge in [-0.25, -0.2) is 14.1 Å². The number of nitrogens with zero attached hydrogens (tertiary/aromatic N) is 4. The molecule has 4 nitrogen and oxygen atoms in total. The molecule has 0 aliphatic rings. The zero-order valence-electron chi connectivity index (χ0n) is 10.4. The van der Waals surface area contributed by atoms with Crippen molar-refractivity contribution in [3.63, 3.8) is 0 Å². The molecule has 1 aromatic carbocycles. The number of rotatable bonds is 2. The van der Waals surface area contributed by atoms with Gasteiger partial charge in [-0.05, 0) is 35.9 Å². The third-order valence-corrected chi connectivity index (χ3v) is 2.83. The number of aromatic nitrogens is 3. The van der Waals surface area contributed by atoms with Crippen molar-refractivity contribution in [1.29, 1.82) is 5.26 Å². The minimum absolute atomic E-state index is 0.283. The SMILES string of the molecule is N#Cc1cc(F)cc(-c2cnn(-c3ccccn3)c2)c1. The van der Waals surface area contributed by atoms with Crippen LogP contribution in [-0.2, 0) is 0 Å². The molecular weight excluding hydrogens is 255 g/mol. The highest BCUT2D eigenvalue weighted by Gasteiger charge is 2.07. The van der Waals surface area contributed by atoms with Crippen LogP contribution in [0.15, 0.2) is 55.0 Å². The predicted octanol–water partition coefficient (Wildman–Crippen LogP) is 2.95.